The standard InChI is InChI=1S/C36H48N8O3/c1-24-8-6-18-43(24)23-32-39-30-15-14-29(22-31(30)40-32)38-34(45)28-12-10-27(11-13-28)33-37-25(2)44(41-33)19-7-9-26-16-20-42(21-17-26)35(46)47-36(3,4)5/h10-15,22,24,26H,6-9,16-21,23H2,1-5H3,(H,38,45)(H,39,40)/t24-/m0/s1. The van der Waals surface area contributed by atoms with Crippen molar-refractivity contribution in [1.82, 2.24) is 34.5 Å². The Labute approximate surface area is 277 Å². The lowest BCUT2D eigenvalue weighted by molar-refractivity contribution is 0.0180. The van der Waals surface area contributed by atoms with Crippen molar-refractivity contribution in [3.63, 3.8) is 0 Å². The highest BCUT2D eigenvalue weighted by molar-refractivity contribution is 6.05. The number of hydrogen-bond acceptors (Lipinski definition) is 7. The van der Waals surface area contributed by atoms with E-state index in [1.54, 1.807) is 0 Å². The predicted octanol–water partition coefficient (Wildman–Crippen LogP) is 6.79. The second kappa shape index (κ2) is 13.9. The minimum Gasteiger partial charge on any atom is -0.444 e. The molecule has 0 aliphatic carbocycles. The van der Waals surface area contributed by atoms with Crippen LogP contribution < -0.4 is 5.32 Å². The first-order chi connectivity index (χ1) is 22.5. The Balaban J connectivity index is 0.986. The number of ether oxygens (including phenoxy) is 1. The predicted molar refractivity (Wildman–Crippen MR) is 183 cm³/mol. The van der Waals surface area contributed by atoms with Gasteiger partial charge in [0, 0.05) is 42.5 Å². The van der Waals surface area contributed by atoms with Gasteiger partial charge in [-0.25, -0.2) is 19.4 Å². The molecule has 11 nitrogen and oxygen atoms in total. The number of aryl methyl sites for hydroxylation is 2. The van der Waals surface area contributed by atoms with Crippen LogP contribution in [0.1, 0.15) is 88.2 Å². The molecule has 4 heterocycles. The van der Waals surface area contributed by atoms with Crippen molar-refractivity contribution in [1.29, 1.82) is 0 Å². The highest BCUT2D eigenvalue weighted by atomic mass is 16.6. The third-order valence-electron chi connectivity index (χ3n) is 9.34. The van der Waals surface area contributed by atoms with Crippen molar-refractivity contribution in [2.45, 2.75) is 97.9 Å². The monoisotopic (exact) mass is 640 g/mol. The molecule has 1 atom stereocenters. The van der Waals surface area contributed by atoms with E-state index in [0.29, 0.717) is 23.3 Å². The number of anilines is 1. The number of carbonyl (C=O) groups excluding carboxylic acids is 2. The van der Waals surface area contributed by atoms with Gasteiger partial charge in [-0.15, -0.1) is 0 Å². The molecular weight excluding hydrogens is 592 g/mol. The number of hydrogen-bond donors (Lipinski definition) is 2. The Morgan fingerprint density at radius 3 is 2.49 bits per heavy atom. The molecule has 6 rings (SSSR count). The van der Waals surface area contributed by atoms with Crippen LogP contribution in [0, 0.1) is 12.8 Å². The van der Waals surface area contributed by atoms with Crippen molar-refractivity contribution >= 4 is 28.7 Å². The highest BCUT2D eigenvalue weighted by Crippen LogP contribution is 2.25. The molecule has 0 spiro atoms. The molecule has 2 aliphatic heterocycles. The van der Waals surface area contributed by atoms with E-state index in [1.165, 1.54) is 12.8 Å². The van der Waals surface area contributed by atoms with Gasteiger partial charge < -0.3 is 19.9 Å². The molecule has 11 heteroatoms. The number of piperidine rings is 1. The SMILES string of the molecule is Cc1nc(-c2ccc(C(=O)Nc3ccc4nc(CN5CCC[C@@H]5C)[nH]c4c3)cc2)nn1CCCC1CCN(C(=O)OC(C)(C)C)CC1. The Bertz CT molecular complexity index is 1700. The highest BCUT2D eigenvalue weighted by Gasteiger charge is 2.27. The third-order valence-corrected chi connectivity index (χ3v) is 9.34. The molecule has 2 aliphatic rings. The van der Waals surface area contributed by atoms with Crippen LogP contribution in [0.2, 0.25) is 0 Å². The first-order valence-electron chi connectivity index (χ1n) is 17.0. The van der Waals surface area contributed by atoms with Gasteiger partial charge in [0.25, 0.3) is 5.91 Å². The Hall–Kier alpha value is -4.25. The van der Waals surface area contributed by atoms with Crippen LogP contribution in [0.25, 0.3) is 22.4 Å². The third kappa shape index (κ3) is 8.19. The molecule has 0 unspecified atom stereocenters. The zero-order valence-electron chi connectivity index (χ0n) is 28.4. The van der Waals surface area contributed by atoms with E-state index in [0.717, 1.165) is 92.3 Å². The number of H-pyrrole nitrogens is 1. The van der Waals surface area contributed by atoms with E-state index in [2.05, 4.69) is 22.1 Å². The van der Waals surface area contributed by atoms with Crippen molar-refractivity contribution < 1.29 is 14.3 Å². The molecule has 47 heavy (non-hydrogen) atoms. The summed E-state index contributed by atoms with van der Waals surface area (Å²) in [4.78, 5) is 42.6. The summed E-state index contributed by atoms with van der Waals surface area (Å²) in [6.07, 6.45) is 6.35. The van der Waals surface area contributed by atoms with E-state index in [9.17, 15) is 9.59 Å². The van der Waals surface area contributed by atoms with Gasteiger partial charge in [-0.3, -0.25) is 9.69 Å². The number of likely N-dealkylation sites (tertiary alicyclic amines) is 2. The number of amides is 2. The number of nitrogens with one attached hydrogen (secondary N) is 2. The number of carbonyl (C=O) groups is 2. The number of benzene rings is 2. The van der Waals surface area contributed by atoms with Gasteiger partial charge in [0.1, 0.15) is 17.2 Å². The minimum absolute atomic E-state index is 0.173. The van der Waals surface area contributed by atoms with Crippen molar-refractivity contribution in [2.24, 2.45) is 5.92 Å². The molecule has 2 aromatic carbocycles. The number of nitrogens with zero attached hydrogens (tertiary/aromatic N) is 6. The minimum atomic E-state index is -0.465. The second-order valence-corrected chi connectivity index (χ2v) is 14.2. The lowest BCUT2D eigenvalue weighted by atomic mass is 9.92. The maximum absolute atomic E-state index is 13.1. The average molecular weight is 641 g/mol. The summed E-state index contributed by atoms with van der Waals surface area (Å²) >= 11 is 0. The van der Waals surface area contributed by atoms with Crippen LogP contribution in [-0.2, 0) is 17.8 Å². The Morgan fingerprint density at radius 1 is 1.02 bits per heavy atom. The molecule has 250 valence electrons. The summed E-state index contributed by atoms with van der Waals surface area (Å²) in [5.74, 6) is 2.90. The smallest absolute Gasteiger partial charge is 0.410 e. The molecule has 0 radical (unpaired) electrons. The molecule has 2 N–H and O–H groups in total. The number of aromatic amines is 1. The van der Waals surface area contributed by atoms with Crippen LogP contribution in [0.15, 0.2) is 42.5 Å². The molecular formula is C36H48N8O3. The summed E-state index contributed by atoms with van der Waals surface area (Å²) < 4.78 is 7.49. The lowest BCUT2D eigenvalue weighted by Gasteiger charge is -2.33. The fraction of sp³-hybridized carbons (Fsp3) is 0.528. The fourth-order valence-corrected chi connectivity index (χ4v) is 6.62. The van der Waals surface area contributed by atoms with E-state index in [-0.39, 0.29) is 12.0 Å². The largest absolute Gasteiger partial charge is 0.444 e. The molecule has 0 saturated carbocycles. The van der Waals surface area contributed by atoms with Gasteiger partial charge >= 0.3 is 6.09 Å². The van der Waals surface area contributed by atoms with E-state index < -0.39 is 5.60 Å². The molecule has 2 amide bonds. The maximum atomic E-state index is 13.1. The zero-order chi connectivity index (χ0) is 33.1. The Morgan fingerprint density at radius 2 is 1.79 bits per heavy atom. The van der Waals surface area contributed by atoms with Crippen molar-refractivity contribution in [3.8, 4) is 11.4 Å². The van der Waals surface area contributed by atoms with E-state index >= 15 is 0 Å². The van der Waals surface area contributed by atoms with Gasteiger partial charge in [-0.1, -0.05) is 12.1 Å². The van der Waals surface area contributed by atoms with Gasteiger partial charge in [-0.05, 0) is 116 Å². The van der Waals surface area contributed by atoms with Crippen LogP contribution in [0.5, 0.6) is 0 Å². The fourth-order valence-electron chi connectivity index (χ4n) is 6.62. The zero-order valence-corrected chi connectivity index (χ0v) is 28.4. The molecule has 0 bridgehead atoms. The topological polar surface area (TPSA) is 121 Å². The molecule has 2 aromatic heterocycles. The van der Waals surface area contributed by atoms with Crippen molar-refractivity contribution in [2.75, 3.05) is 25.0 Å². The summed E-state index contributed by atoms with van der Waals surface area (Å²) in [5.41, 5.74) is 3.51. The van der Waals surface area contributed by atoms with Crippen LogP contribution in [0.3, 0.4) is 0 Å². The summed E-state index contributed by atoms with van der Waals surface area (Å²) in [5, 5.41) is 7.79. The van der Waals surface area contributed by atoms with Crippen LogP contribution in [0.4, 0.5) is 10.5 Å². The number of fused-ring (bicyclic) bond motifs is 1. The molecule has 4 aromatic rings. The number of aromatic nitrogens is 5. The summed E-state index contributed by atoms with van der Waals surface area (Å²) in [6, 6.07) is 13.8. The average Bonchev–Trinajstić information content (AvgIpc) is 3.74. The summed E-state index contributed by atoms with van der Waals surface area (Å²) in [6.45, 7) is 14.2. The first kappa shape index (κ1) is 32.7. The molecule has 2 saturated heterocycles. The quantitative estimate of drug-likeness (QED) is 0.207. The van der Waals surface area contributed by atoms with Crippen LogP contribution in [-0.4, -0.2) is 77.8 Å². The van der Waals surface area contributed by atoms with Gasteiger partial charge in [0.15, 0.2) is 5.82 Å². The molecule has 2 fully saturated rings. The van der Waals surface area contributed by atoms with Crippen molar-refractivity contribution in [3.05, 3.63) is 59.7 Å². The number of imidazole rings is 1. The van der Waals surface area contributed by atoms with Gasteiger partial charge in [0.05, 0.1) is 17.6 Å². The van der Waals surface area contributed by atoms with Gasteiger partial charge in [-0.2, -0.15) is 5.10 Å². The second-order valence-electron chi connectivity index (χ2n) is 14.2. The lowest BCUT2D eigenvalue weighted by Crippen LogP contribution is -2.41. The van der Waals surface area contributed by atoms with Crippen LogP contribution >= 0.6 is 0 Å². The summed E-state index contributed by atoms with van der Waals surface area (Å²) in [7, 11) is 0. The Kier molecular flexibility index (Phi) is 9.63. The van der Waals surface area contributed by atoms with E-state index in [4.69, 9.17) is 19.8 Å². The number of rotatable bonds is 9. The maximum Gasteiger partial charge on any atom is 0.410 e. The van der Waals surface area contributed by atoms with E-state index in [1.807, 2.05) is 79.7 Å². The first-order valence-corrected chi connectivity index (χ1v) is 17.0. The normalized spacial score (nSPS) is 17.8. The van der Waals surface area contributed by atoms with Gasteiger partial charge in [0.2, 0.25) is 0 Å².